The average molecular weight is 402 g/mol. The van der Waals surface area contributed by atoms with Gasteiger partial charge in [0.25, 0.3) is 0 Å². The first-order valence-corrected chi connectivity index (χ1v) is 9.81. The van der Waals surface area contributed by atoms with Crippen molar-refractivity contribution in [3.8, 4) is 22.9 Å². The molecule has 0 aliphatic carbocycles. The zero-order valence-electron chi connectivity index (χ0n) is 16.8. The molecule has 0 saturated heterocycles. The molecule has 0 aliphatic rings. The normalized spacial score (nSPS) is 10.9. The van der Waals surface area contributed by atoms with Gasteiger partial charge in [0.05, 0.1) is 24.7 Å². The maximum atomic E-state index is 13.4. The van der Waals surface area contributed by atoms with Gasteiger partial charge in [0.1, 0.15) is 18.2 Å². The van der Waals surface area contributed by atoms with Crippen molar-refractivity contribution in [1.82, 2.24) is 9.55 Å². The summed E-state index contributed by atoms with van der Waals surface area (Å²) in [5.41, 5.74) is 3.88. The van der Waals surface area contributed by atoms with Crippen LogP contribution in [0, 0.1) is 5.82 Å². The van der Waals surface area contributed by atoms with E-state index in [1.54, 1.807) is 19.2 Å². The Morgan fingerprint density at radius 2 is 1.83 bits per heavy atom. The molecule has 0 atom stereocenters. The molecule has 0 fully saturated rings. The second-order valence-corrected chi connectivity index (χ2v) is 6.91. The van der Waals surface area contributed by atoms with Gasteiger partial charge in [-0.1, -0.05) is 24.3 Å². The molecular weight excluding hydrogens is 379 g/mol. The minimum absolute atomic E-state index is 0.267. The second-order valence-electron chi connectivity index (χ2n) is 6.91. The fourth-order valence-electron chi connectivity index (χ4n) is 3.49. The van der Waals surface area contributed by atoms with E-state index in [1.165, 1.54) is 12.1 Å². The number of fused-ring (bicyclic) bond motifs is 1. The largest absolute Gasteiger partial charge is 0.493 e. The second kappa shape index (κ2) is 8.82. The lowest BCUT2D eigenvalue weighted by Crippen LogP contribution is -2.10. The summed E-state index contributed by atoms with van der Waals surface area (Å²) in [5, 5.41) is 0. The van der Waals surface area contributed by atoms with Gasteiger partial charge < -0.3 is 14.0 Å². The predicted octanol–water partition coefficient (Wildman–Crippen LogP) is 5.66. The molecule has 3 aromatic carbocycles. The van der Waals surface area contributed by atoms with Crippen LogP contribution in [-0.2, 0) is 13.0 Å². The molecule has 4 nitrogen and oxygen atoms in total. The highest BCUT2D eigenvalue weighted by Crippen LogP contribution is 2.29. The Morgan fingerprint density at radius 1 is 1.03 bits per heavy atom. The summed E-state index contributed by atoms with van der Waals surface area (Å²) in [6.45, 7) is 4.80. The minimum Gasteiger partial charge on any atom is -0.493 e. The Morgan fingerprint density at radius 3 is 2.60 bits per heavy atom. The van der Waals surface area contributed by atoms with Crippen molar-refractivity contribution in [2.24, 2.45) is 0 Å². The molecule has 1 aromatic heterocycles. The predicted molar refractivity (Wildman–Crippen MR) is 118 cm³/mol. The number of benzene rings is 3. The quantitative estimate of drug-likeness (QED) is 0.357. The Bertz CT molecular complexity index is 1170. The van der Waals surface area contributed by atoms with Crippen molar-refractivity contribution in [2.45, 2.75) is 13.0 Å². The Kier molecular flexibility index (Phi) is 5.80. The van der Waals surface area contributed by atoms with E-state index in [2.05, 4.69) is 11.1 Å². The molecule has 5 heteroatoms. The summed E-state index contributed by atoms with van der Waals surface area (Å²) in [6, 6.07) is 20.2. The van der Waals surface area contributed by atoms with Gasteiger partial charge in [-0.25, -0.2) is 9.37 Å². The molecule has 0 amide bonds. The van der Waals surface area contributed by atoms with Crippen LogP contribution in [0.15, 0.2) is 79.4 Å². The van der Waals surface area contributed by atoms with Crippen molar-refractivity contribution in [1.29, 1.82) is 0 Å². The van der Waals surface area contributed by atoms with Gasteiger partial charge >= 0.3 is 0 Å². The number of hydrogen-bond acceptors (Lipinski definition) is 3. The number of allylic oxidation sites excluding steroid dienone is 1. The molecule has 152 valence electrons. The first kappa shape index (κ1) is 19.7. The number of imidazole rings is 1. The Labute approximate surface area is 175 Å². The number of rotatable bonds is 8. The highest BCUT2D eigenvalue weighted by Gasteiger charge is 2.13. The first-order valence-electron chi connectivity index (χ1n) is 9.81. The van der Waals surface area contributed by atoms with Gasteiger partial charge in [0.2, 0.25) is 0 Å². The number of para-hydroxylation sites is 2. The fourth-order valence-corrected chi connectivity index (χ4v) is 3.49. The van der Waals surface area contributed by atoms with Crippen LogP contribution < -0.4 is 9.47 Å². The number of nitrogens with zero attached hydrogens (tertiary/aromatic N) is 2. The number of methoxy groups -OCH3 is 1. The van der Waals surface area contributed by atoms with Gasteiger partial charge in [0, 0.05) is 5.56 Å². The van der Waals surface area contributed by atoms with Gasteiger partial charge in [-0.3, -0.25) is 0 Å². The lowest BCUT2D eigenvalue weighted by molar-refractivity contribution is 0.281. The molecular formula is C25H23FN2O2. The molecule has 0 radical (unpaired) electrons. The summed E-state index contributed by atoms with van der Waals surface area (Å²) in [4.78, 5) is 4.75. The zero-order chi connectivity index (χ0) is 20.9. The van der Waals surface area contributed by atoms with Crippen molar-refractivity contribution < 1.29 is 13.9 Å². The Balaban J connectivity index is 1.59. The van der Waals surface area contributed by atoms with E-state index in [1.807, 2.05) is 48.5 Å². The number of hydrogen-bond donors (Lipinski definition) is 0. The van der Waals surface area contributed by atoms with Gasteiger partial charge in [-0.2, -0.15) is 0 Å². The zero-order valence-corrected chi connectivity index (χ0v) is 16.8. The monoisotopic (exact) mass is 402 g/mol. The van der Waals surface area contributed by atoms with Crippen LogP contribution in [0.4, 0.5) is 4.39 Å². The van der Waals surface area contributed by atoms with Crippen LogP contribution in [0.1, 0.15) is 5.56 Å². The summed E-state index contributed by atoms with van der Waals surface area (Å²) in [6.07, 6.45) is 2.63. The SMILES string of the molecule is C=CCc1ccc(OCCn2c(-c3ccc(F)cc3)nc3ccccc32)c(OC)c1. The van der Waals surface area contributed by atoms with Crippen LogP contribution >= 0.6 is 0 Å². The summed E-state index contributed by atoms with van der Waals surface area (Å²) in [5.74, 6) is 1.91. The van der Waals surface area contributed by atoms with Crippen LogP contribution in [0.2, 0.25) is 0 Å². The third kappa shape index (κ3) is 4.06. The average Bonchev–Trinajstić information content (AvgIpc) is 3.14. The third-order valence-corrected chi connectivity index (χ3v) is 4.94. The summed E-state index contributed by atoms with van der Waals surface area (Å²) >= 11 is 0. The maximum Gasteiger partial charge on any atom is 0.161 e. The van der Waals surface area contributed by atoms with Crippen LogP contribution in [0.3, 0.4) is 0 Å². The summed E-state index contributed by atoms with van der Waals surface area (Å²) < 4.78 is 27.0. The molecule has 0 saturated carbocycles. The molecule has 30 heavy (non-hydrogen) atoms. The third-order valence-electron chi connectivity index (χ3n) is 4.94. The van der Waals surface area contributed by atoms with E-state index in [-0.39, 0.29) is 5.82 Å². The highest BCUT2D eigenvalue weighted by atomic mass is 19.1. The molecule has 0 spiro atoms. The van der Waals surface area contributed by atoms with E-state index in [0.717, 1.165) is 34.4 Å². The smallest absolute Gasteiger partial charge is 0.161 e. The van der Waals surface area contributed by atoms with E-state index in [4.69, 9.17) is 14.5 Å². The standard InChI is InChI=1S/C25H23FN2O2/c1-3-6-18-9-14-23(24(17-18)29-2)30-16-15-28-22-8-5-4-7-21(22)27-25(28)19-10-12-20(26)13-11-19/h3-5,7-14,17H,1,6,15-16H2,2H3. The van der Waals surface area contributed by atoms with E-state index < -0.39 is 0 Å². The van der Waals surface area contributed by atoms with E-state index in [0.29, 0.717) is 24.7 Å². The molecule has 0 N–H and O–H groups in total. The van der Waals surface area contributed by atoms with Crippen LogP contribution in [-0.4, -0.2) is 23.3 Å². The maximum absolute atomic E-state index is 13.4. The van der Waals surface area contributed by atoms with Crippen LogP contribution in [0.5, 0.6) is 11.5 Å². The lowest BCUT2D eigenvalue weighted by atomic mass is 10.1. The molecule has 4 aromatic rings. The molecule has 0 unspecified atom stereocenters. The number of aromatic nitrogens is 2. The van der Waals surface area contributed by atoms with Crippen molar-refractivity contribution in [2.75, 3.05) is 13.7 Å². The van der Waals surface area contributed by atoms with E-state index >= 15 is 0 Å². The van der Waals surface area contributed by atoms with Crippen molar-refractivity contribution in [3.63, 3.8) is 0 Å². The Hall–Kier alpha value is -3.60. The molecule has 4 rings (SSSR count). The number of ether oxygens (including phenoxy) is 2. The highest BCUT2D eigenvalue weighted by molar-refractivity contribution is 5.80. The van der Waals surface area contributed by atoms with Gasteiger partial charge in [-0.15, -0.1) is 6.58 Å². The lowest BCUT2D eigenvalue weighted by Gasteiger charge is -2.14. The topological polar surface area (TPSA) is 36.3 Å². The number of halogens is 1. The molecule has 0 bridgehead atoms. The van der Waals surface area contributed by atoms with Crippen molar-refractivity contribution >= 4 is 11.0 Å². The first-order chi connectivity index (χ1) is 14.7. The van der Waals surface area contributed by atoms with Gasteiger partial charge in [-0.05, 0) is 60.5 Å². The van der Waals surface area contributed by atoms with Gasteiger partial charge in [0.15, 0.2) is 11.5 Å². The summed E-state index contributed by atoms with van der Waals surface area (Å²) in [7, 11) is 1.63. The van der Waals surface area contributed by atoms with Crippen molar-refractivity contribution in [3.05, 3.63) is 90.8 Å². The molecule has 1 heterocycles. The minimum atomic E-state index is -0.267. The molecule has 0 aliphatic heterocycles. The fraction of sp³-hybridized carbons (Fsp3) is 0.160. The van der Waals surface area contributed by atoms with Crippen LogP contribution in [0.25, 0.3) is 22.4 Å². The van der Waals surface area contributed by atoms with E-state index in [9.17, 15) is 4.39 Å².